The number of nitrogens with zero attached hydrogens (tertiary/aromatic N) is 1. The maximum Gasteiger partial charge on any atom is 0.303 e. The first kappa shape index (κ1) is 19.8. The van der Waals surface area contributed by atoms with E-state index in [9.17, 15) is 9.59 Å². The fraction of sp³-hybridized carbons (Fsp3) is 0.316. The summed E-state index contributed by atoms with van der Waals surface area (Å²) in [4.78, 5) is 27.5. The normalized spacial score (nSPS) is 10.3. The first-order chi connectivity index (χ1) is 12.6. The standard InChI is InChI=1S/C19H22N2O4S/c1-20-18-7-2-4-14(21-18)10-11-25-16-5-3-6-17(12-16)26-13-15(22)8-9-19(23)24/h2-7,12H,8-11,13H2,1H3,(H,20,21)(H,23,24). The second-order valence-corrected chi connectivity index (χ2v) is 6.61. The fourth-order valence-electron chi connectivity index (χ4n) is 2.17. The van der Waals surface area contributed by atoms with Crippen molar-refractivity contribution in [1.29, 1.82) is 0 Å². The van der Waals surface area contributed by atoms with Crippen LogP contribution in [-0.2, 0) is 16.0 Å². The number of carboxylic acids is 1. The van der Waals surface area contributed by atoms with Gasteiger partial charge in [-0.15, -0.1) is 11.8 Å². The molecule has 26 heavy (non-hydrogen) atoms. The van der Waals surface area contributed by atoms with E-state index in [1.54, 1.807) is 0 Å². The summed E-state index contributed by atoms with van der Waals surface area (Å²) in [5.74, 6) is 0.802. The van der Waals surface area contributed by atoms with Gasteiger partial charge in [-0.1, -0.05) is 12.1 Å². The summed E-state index contributed by atoms with van der Waals surface area (Å²) in [6.45, 7) is 0.506. The van der Waals surface area contributed by atoms with Gasteiger partial charge in [0.15, 0.2) is 0 Å². The Kier molecular flexibility index (Phi) is 7.95. The van der Waals surface area contributed by atoms with Gasteiger partial charge in [0.05, 0.1) is 18.8 Å². The third-order valence-electron chi connectivity index (χ3n) is 3.51. The molecule has 0 unspecified atom stereocenters. The van der Waals surface area contributed by atoms with Crippen LogP contribution in [0.1, 0.15) is 18.5 Å². The first-order valence-electron chi connectivity index (χ1n) is 8.29. The lowest BCUT2D eigenvalue weighted by atomic mass is 10.2. The summed E-state index contributed by atoms with van der Waals surface area (Å²) >= 11 is 1.39. The van der Waals surface area contributed by atoms with E-state index in [0.29, 0.717) is 13.0 Å². The predicted molar refractivity (Wildman–Crippen MR) is 102 cm³/mol. The van der Waals surface area contributed by atoms with Gasteiger partial charge in [-0.05, 0) is 30.3 Å². The van der Waals surface area contributed by atoms with E-state index >= 15 is 0 Å². The van der Waals surface area contributed by atoms with Crippen LogP contribution in [0.4, 0.5) is 5.82 Å². The first-order valence-corrected chi connectivity index (χ1v) is 9.28. The topological polar surface area (TPSA) is 88.5 Å². The maximum absolute atomic E-state index is 11.7. The maximum atomic E-state index is 11.7. The Hall–Kier alpha value is -2.54. The van der Waals surface area contributed by atoms with E-state index in [1.807, 2.05) is 49.5 Å². The highest BCUT2D eigenvalue weighted by molar-refractivity contribution is 8.00. The molecule has 0 saturated carbocycles. The molecule has 0 aliphatic rings. The number of ketones is 1. The van der Waals surface area contributed by atoms with Crippen molar-refractivity contribution in [3.8, 4) is 5.75 Å². The molecule has 6 nitrogen and oxygen atoms in total. The Balaban J connectivity index is 1.79. The third kappa shape index (κ3) is 7.14. The Morgan fingerprint density at radius 3 is 2.77 bits per heavy atom. The molecule has 0 aliphatic heterocycles. The van der Waals surface area contributed by atoms with Crippen LogP contribution in [0.3, 0.4) is 0 Å². The zero-order chi connectivity index (χ0) is 18.8. The highest BCUT2D eigenvalue weighted by Gasteiger charge is 2.07. The SMILES string of the molecule is CNc1cccc(CCOc2cccc(SCC(=O)CCC(=O)O)c2)n1. The van der Waals surface area contributed by atoms with Crippen molar-refractivity contribution < 1.29 is 19.4 Å². The van der Waals surface area contributed by atoms with Crippen LogP contribution in [-0.4, -0.2) is 41.3 Å². The second-order valence-electron chi connectivity index (χ2n) is 5.56. The number of ether oxygens (including phenoxy) is 1. The minimum atomic E-state index is -0.950. The van der Waals surface area contributed by atoms with E-state index in [1.165, 1.54) is 11.8 Å². The summed E-state index contributed by atoms with van der Waals surface area (Å²) in [7, 11) is 1.83. The number of hydrogen-bond donors (Lipinski definition) is 2. The van der Waals surface area contributed by atoms with E-state index in [0.717, 1.165) is 22.2 Å². The van der Waals surface area contributed by atoms with Crippen molar-refractivity contribution in [3.63, 3.8) is 0 Å². The van der Waals surface area contributed by atoms with Gasteiger partial charge >= 0.3 is 5.97 Å². The molecule has 0 aliphatic carbocycles. The highest BCUT2D eigenvalue weighted by Crippen LogP contribution is 2.23. The van der Waals surface area contributed by atoms with Crippen LogP contribution in [0.15, 0.2) is 47.4 Å². The largest absolute Gasteiger partial charge is 0.493 e. The van der Waals surface area contributed by atoms with Gasteiger partial charge in [0.2, 0.25) is 0 Å². The summed E-state index contributed by atoms with van der Waals surface area (Å²) in [5.41, 5.74) is 0.950. The lowest BCUT2D eigenvalue weighted by Gasteiger charge is -2.08. The van der Waals surface area contributed by atoms with Gasteiger partial charge in [-0.25, -0.2) is 4.98 Å². The Bertz CT molecular complexity index is 752. The molecule has 0 spiro atoms. The molecule has 0 atom stereocenters. The van der Waals surface area contributed by atoms with Gasteiger partial charge in [-0.3, -0.25) is 9.59 Å². The molecular formula is C19H22N2O4S. The minimum Gasteiger partial charge on any atom is -0.493 e. The molecule has 2 rings (SSSR count). The number of carbonyl (C=O) groups is 2. The minimum absolute atomic E-state index is 0.0667. The summed E-state index contributed by atoms with van der Waals surface area (Å²) < 4.78 is 5.77. The zero-order valence-electron chi connectivity index (χ0n) is 14.6. The smallest absolute Gasteiger partial charge is 0.303 e. The number of thioether (sulfide) groups is 1. The number of benzene rings is 1. The van der Waals surface area contributed by atoms with Crippen molar-refractivity contribution >= 4 is 29.3 Å². The van der Waals surface area contributed by atoms with Crippen LogP contribution in [0.25, 0.3) is 0 Å². The monoisotopic (exact) mass is 374 g/mol. The number of hydrogen-bond acceptors (Lipinski definition) is 6. The number of nitrogens with one attached hydrogen (secondary N) is 1. The molecule has 1 aromatic carbocycles. The van der Waals surface area contributed by atoms with Gasteiger partial charge in [0, 0.05) is 30.5 Å². The number of carbonyl (C=O) groups excluding carboxylic acids is 1. The Labute approximate surface area is 157 Å². The van der Waals surface area contributed by atoms with Crippen molar-refractivity contribution in [3.05, 3.63) is 48.2 Å². The van der Waals surface area contributed by atoms with Gasteiger partial charge < -0.3 is 15.2 Å². The van der Waals surface area contributed by atoms with Crippen LogP contribution in [0, 0.1) is 0 Å². The highest BCUT2D eigenvalue weighted by atomic mass is 32.2. The predicted octanol–water partition coefficient (Wildman–Crippen LogP) is 3.27. The molecule has 138 valence electrons. The second kappa shape index (κ2) is 10.5. The number of anilines is 1. The molecule has 7 heteroatoms. The molecule has 2 aromatic rings. The molecule has 1 aromatic heterocycles. The van der Waals surface area contributed by atoms with E-state index in [2.05, 4.69) is 10.3 Å². The number of carboxylic acid groups (broad SMARTS) is 1. The molecule has 0 radical (unpaired) electrons. The number of rotatable bonds is 11. The van der Waals surface area contributed by atoms with Crippen molar-refractivity contribution in [2.75, 3.05) is 24.7 Å². The van der Waals surface area contributed by atoms with E-state index < -0.39 is 5.97 Å². The Morgan fingerprint density at radius 2 is 2.00 bits per heavy atom. The van der Waals surface area contributed by atoms with Crippen LogP contribution < -0.4 is 10.1 Å². The summed E-state index contributed by atoms with van der Waals surface area (Å²) in [6.07, 6.45) is 0.642. The molecule has 0 amide bonds. The van der Waals surface area contributed by atoms with E-state index in [4.69, 9.17) is 9.84 Å². The Morgan fingerprint density at radius 1 is 1.19 bits per heavy atom. The van der Waals surface area contributed by atoms with Gasteiger partial charge in [0.1, 0.15) is 17.4 Å². The van der Waals surface area contributed by atoms with Gasteiger partial charge in [-0.2, -0.15) is 0 Å². The van der Waals surface area contributed by atoms with E-state index in [-0.39, 0.29) is 24.4 Å². The summed E-state index contributed by atoms with van der Waals surface area (Å²) in [6, 6.07) is 13.3. The number of aromatic nitrogens is 1. The average Bonchev–Trinajstić information content (AvgIpc) is 2.65. The molecule has 1 heterocycles. The molecule has 0 bridgehead atoms. The number of Topliss-reactive ketones (excluding diaryl/α,β-unsaturated/α-hetero) is 1. The average molecular weight is 374 g/mol. The van der Waals surface area contributed by atoms with Crippen LogP contribution >= 0.6 is 11.8 Å². The third-order valence-corrected chi connectivity index (χ3v) is 4.57. The van der Waals surface area contributed by atoms with Gasteiger partial charge in [0.25, 0.3) is 0 Å². The summed E-state index contributed by atoms with van der Waals surface area (Å²) in [5, 5.41) is 11.6. The van der Waals surface area contributed by atoms with Crippen molar-refractivity contribution in [1.82, 2.24) is 4.98 Å². The molecule has 0 saturated heterocycles. The lowest BCUT2D eigenvalue weighted by Crippen LogP contribution is -2.05. The van der Waals surface area contributed by atoms with Crippen LogP contribution in [0.2, 0.25) is 0 Å². The molecule has 0 fully saturated rings. The fourth-order valence-corrected chi connectivity index (χ4v) is 3.01. The van der Waals surface area contributed by atoms with Crippen molar-refractivity contribution in [2.45, 2.75) is 24.2 Å². The molecule has 2 N–H and O–H groups in total. The lowest BCUT2D eigenvalue weighted by molar-refractivity contribution is -0.138. The van der Waals surface area contributed by atoms with Crippen LogP contribution in [0.5, 0.6) is 5.75 Å². The van der Waals surface area contributed by atoms with Crippen molar-refractivity contribution in [2.24, 2.45) is 0 Å². The number of pyridine rings is 1. The zero-order valence-corrected chi connectivity index (χ0v) is 15.4. The molecular weight excluding hydrogens is 352 g/mol. The quantitative estimate of drug-likeness (QED) is 0.584. The number of aliphatic carboxylic acids is 1.